The van der Waals surface area contributed by atoms with E-state index in [2.05, 4.69) is 20.6 Å². The van der Waals surface area contributed by atoms with Crippen LogP contribution in [0.2, 0.25) is 0 Å². The number of alkyl halides is 1. The summed E-state index contributed by atoms with van der Waals surface area (Å²) in [6.07, 6.45) is 2.45. The van der Waals surface area contributed by atoms with Gasteiger partial charge in [0.05, 0.1) is 5.57 Å². The lowest BCUT2D eigenvalue weighted by atomic mass is 9.90. The van der Waals surface area contributed by atoms with Crippen LogP contribution in [0.5, 0.6) is 0 Å². The van der Waals surface area contributed by atoms with Gasteiger partial charge in [0.1, 0.15) is 23.5 Å². The molecular weight excluding hydrogens is 353 g/mol. The summed E-state index contributed by atoms with van der Waals surface area (Å²) in [6.45, 7) is 0. The van der Waals surface area contributed by atoms with Crippen LogP contribution in [0.15, 0.2) is 35.4 Å². The van der Waals surface area contributed by atoms with E-state index in [9.17, 15) is 14.0 Å². The maximum absolute atomic E-state index is 13.1. The fourth-order valence-electron chi connectivity index (χ4n) is 2.81. The molecule has 1 aliphatic rings. The summed E-state index contributed by atoms with van der Waals surface area (Å²) in [6, 6.07) is 4.71. The van der Waals surface area contributed by atoms with Crippen LogP contribution in [-0.4, -0.2) is 33.7 Å². The number of halogens is 1. The van der Waals surface area contributed by atoms with Crippen molar-refractivity contribution in [3.63, 3.8) is 0 Å². The molecule has 0 saturated heterocycles. The molecule has 1 amide bonds. The van der Waals surface area contributed by atoms with Crippen molar-refractivity contribution in [2.24, 2.45) is 11.5 Å². The molecule has 2 heterocycles. The Morgan fingerprint density at radius 1 is 1.37 bits per heavy atom. The SMILES string of the molecule is CNc1cc(Nc2cccn(C3CC(F)C3)c2=O)nc(C(=CN)C(N)=O)n1. The number of hydrogen-bond acceptors (Lipinski definition) is 7. The van der Waals surface area contributed by atoms with Crippen LogP contribution >= 0.6 is 0 Å². The molecule has 6 N–H and O–H groups in total. The van der Waals surface area contributed by atoms with Gasteiger partial charge in [-0.25, -0.2) is 14.4 Å². The monoisotopic (exact) mass is 373 g/mol. The third-order valence-corrected chi connectivity index (χ3v) is 4.34. The summed E-state index contributed by atoms with van der Waals surface area (Å²) in [5.41, 5.74) is 10.7. The minimum Gasteiger partial charge on any atom is -0.404 e. The molecule has 1 saturated carbocycles. The molecule has 1 fully saturated rings. The van der Waals surface area contributed by atoms with Gasteiger partial charge in [0.25, 0.3) is 11.5 Å². The number of nitrogens with one attached hydrogen (secondary N) is 2. The van der Waals surface area contributed by atoms with Crippen LogP contribution in [0, 0.1) is 0 Å². The van der Waals surface area contributed by atoms with Crippen LogP contribution < -0.4 is 27.7 Å². The second-order valence-corrected chi connectivity index (χ2v) is 6.14. The highest BCUT2D eigenvalue weighted by Gasteiger charge is 2.31. The number of nitrogens with two attached hydrogens (primary N) is 2. The first kappa shape index (κ1) is 18.4. The molecule has 0 bridgehead atoms. The Morgan fingerprint density at radius 3 is 2.67 bits per heavy atom. The molecule has 27 heavy (non-hydrogen) atoms. The summed E-state index contributed by atoms with van der Waals surface area (Å²) in [7, 11) is 1.64. The van der Waals surface area contributed by atoms with E-state index in [1.54, 1.807) is 31.4 Å². The molecule has 9 nitrogen and oxygen atoms in total. The van der Waals surface area contributed by atoms with E-state index >= 15 is 0 Å². The zero-order valence-corrected chi connectivity index (χ0v) is 14.6. The summed E-state index contributed by atoms with van der Waals surface area (Å²) in [4.78, 5) is 32.5. The first-order valence-electron chi connectivity index (χ1n) is 8.34. The van der Waals surface area contributed by atoms with Gasteiger partial charge < -0.3 is 26.7 Å². The lowest BCUT2D eigenvalue weighted by molar-refractivity contribution is -0.112. The van der Waals surface area contributed by atoms with Crippen molar-refractivity contribution in [3.8, 4) is 0 Å². The number of carbonyl (C=O) groups excluding carboxylic acids is 1. The molecule has 0 unspecified atom stereocenters. The standard InChI is InChI=1S/C17H20FN7O2/c1-21-13-7-14(24-16(23-13)11(8-19)15(20)26)22-12-3-2-4-25(17(12)27)10-5-9(18)6-10/h2-4,7-10H,5-6,19H2,1H3,(H2,20,26)(H2,21,22,23,24). The molecular formula is C17H20FN7O2. The van der Waals surface area contributed by atoms with E-state index in [0.29, 0.717) is 18.7 Å². The minimum atomic E-state index is -0.864. The van der Waals surface area contributed by atoms with E-state index in [0.717, 1.165) is 6.20 Å². The highest BCUT2D eigenvalue weighted by Crippen LogP contribution is 2.33. The molecule has 0 aromatic carbocycles. The maximum atomic E-state index is 13.1. The van der Waals surface area contributed by atoms with Gasteiger partial charge in [0.2, 0.25) is 0 Å². The zero-order valence-electron chi connectivity index (χ0n) is 14.6. The van der Waals surface area contributed by atoms with E-state index in [1.165, 1.54) is 4.57 Å². The summed E-state index contributed by atoms with van der Waals surface area (Å²) >= 11 is 0. The van der Waals surface area contributed by atoms with Crippen molar-refractivity contribution < 1.29 is 9.18 Å². The van der Waals surface area contributed by atoms with Gasteiger partial charge in [0, 0.05) is 31.6 Å². The van der Waals surface area contributed by atoms with Crippen LogP contribution in [0.4, 0.5) is 21.7 Å². The average Bonchev–Trinajstić information content (AvgIpc) is 2.61. The number of pyridine rings is 1. The van der Waals surface area contributed by atoms with Crippen molar-refractivity contribution in [1.29, 1.82) is 0 Å². The Morgan fingerprint density at radius 2 is 2.07 bits per heavy atom. The predicted octanol–water partition coefficient (Wildman–Crippen LogP) is 0.881. The number of anilines is 3. The Hall–Kier alpha value is -3.43. The molecule has 0 radical (unpaired) electrons. The van der Waals surface area contributed by atoms with Crippen molar-refractivity contribution >= 4 is 28.8 Å². The van der Waals surface area contributed by atoms with Gasteiger partial charge >= 0.3 is 0 Å². The Bertz CT molecular complexity index is 951. The number of rotatable bonds is 6. The smallest absolute Gasteiger partial charge is 0.274 e. The molecule has 142 valence electrons. The zero-order chi connectivity index (χ0) is 19.6. The predicted molar refractivity (Wildman–Crippen MR) is 100 cm³/mol. The number of hydrogen-bond donors (Lipinski definition) is 4. The van der Waals surface area contributed by atoms with Gasteiger partial charge in [-0.05, 0) is 25.0 Å². The van der Waals surface area contributed by atoms with Crippen molar-refractivity contribution in [2.75, 3.05) is 17.7 Å². The van der Waals surface area contributed by atoms with Crippen LogP contribution in [0.25, 0.3) is 5.57 Å². The second-order valence-electron chi connectivity index (χ2n) is 6.14. The van der Waals surface area contributed by atoms with E-state index in [1.807, 2.05) is 0 Å². The molecule has 10 heteroatoms. The molecule has 2 aromatic heterocycles. The molecule has 1 aliphatic carbocycles. The minimum absolute atomic E-state index is 0.0230. The quantitative estimate of drug-likeness (QED) is 0.551. The van der Waals surface area contributed by atoms with Crippen molar-refractivity contribution in [2.45, 2.75) is 25.1 Å². The number of aromatic nitrogens is 3. The highest BCUT2D eigenvalue weighted by atomic mass is 19.1. The average molecular weight is 373 g/mol. The summed E-state index contributed by atoms with van der Waals surface area (Å²) in [5, 5.41) is 5.76. The van der Waals surface area contributed by atoms with E-state index in [-0.39, 0.29) is 34.5 Å². The normalized spacial score (nSPS) is 19.3. The summed E-state index contributed by atoms with van der Waals surface area (Å²) in [5.74, 6) is -0.0743. The van der Waals surface area contributed by atoms with E-state index < -0.39 is 12.1 Å². The van der Waals surface area contributed by atoms with Crippen molar-refractivity contribution in [3.05, 3.63) is 46.8 Å². The topological polar surface area (TPSA) is 141 Å². The van der Waals surface area contributed by atoms with E-state index in [4.69, 9.17) is 11.5 Å². The molecule has 0 spiro atoms. The van der Waals surface area contributed by atoms with Gasteiger partial charge in [-0.1, -0.05) is 0 Å². The molecule has 0 aliphatic heterocycles. The number of nitrogens with zero attached hydrogens (tertiary/aromatic N) is 3. The lowest BCUT2D eigenvalue weighted by Gasteiger charge is -2.31. The first-order valence-corrected chi connectivity index (χ1v) is 8.34. The largest absolute Gasteiger partial charge is 0.404 e. The van der Waals surface area contributed by atoms with Crippen LogP contribution in [-0.2, 0) is 4.79 Å². The van der Waals surface area contributed by atoms with Gasteiger partial charge in [-0.15, -0.1) is 0 Å². The highest BCUT2D eigenvalue weighted by molar-refractivity contribution is 6.17. The van der Waals surface area contributed by atoms with Crippen LogP contribution in [0.1, 0.15) is 24.7 Å². The summed E-state index contributed by atoms with van der Waals surface area (Å²) < 4.78 is 14.6. The lowest BCUT2D eigenvalue weighted by Crippen LogP contribution is -2.35. The fourth-order valence-corrected chi connectivity index (χ4v) is 2.81. The van der Waals surface area contributed by atoms with Gasteiger partial charge in [-0.2, -0.15) is 0 Å². The Balaban J connectivity index is 1.95. The molecule has 3 rings (SSSR count). The Kier molecular flexibility index (Phi) is 5.06. The third kappa shape index (κ3) is 3.73. The maximum Gasteiger partial charge on any atom is 0.274 e. The van der Waals surface area contributed by atoms with Crippen LogP contribution in [0.3, 0.4) is 0 Å². The molecule has 2 aromatic rings. The third-order valence-electron chi connectivity index (χ3n) is 4.34. The van der Waals surface area contributed by atoms with Gasteiger partial charge in [0.15, 0.2) is 5.82 Å². The van der Waals surface area contributed by atoms with Gasteiger partial charge in [-0.3, -0.25) is 9.59 Å². The number of carbonyl (C=O) groups is 1. The van der Waals surface area contributed by atoms with Crippen molar-refractivity contribution in [1.82, 2.24) is 14.5 Å². The number of amides is 1. The fraction of sp³-hybridized carbons (Fsp3) is 0.294. The first-order chi connectivity index (χ1) is 12.9. The molecule has 0 atom stereocenters. The Labute approximate surface area is 154 Å². The number of primary amides is 1. The second kappa shape index (κ2) is 7.44.